The highest BCUT2D eigenvalue weighted by molar-refractivity contribution is 5.97. The fraction of sp³-hybridized carbons (Fsp3) is 0.350. The molecule has 2 aromatic heterocycles. The van der Waals surface area contributed by atoms with E-state index in [1.807, 2.05) is 18.2 Å². The van der Waals surface area contributed by atoms with Gasteiger partial charge in [0, 0.05) is 24.2 Å². The smallest absolute Gasteiger partial charge is 0.350 e. The Morgan fingerprint density at radius 3 is 2.41 bits per heavy atom. The Morgan fingerprint density at radius 2 is 1.76 bits per heavy atom. The summed E-state index contributed by atoms with van der Waals surface area (Å²) >= 11 is 0. The first-order valence-corrected chi connectivity index (χ1v) is 9.18. The lowest BCUT2D eigenvalue weighted by Crippen LogP contribution is -2.39. The topological polar surface area (TPSA) is 91.1 Å². The van der Waals surface area contributed by atoms with Crippen LogP contribution in [0.2, 0.25) is 0 Å². The number of Topliss-reactive ketones (excluding diaryl/α,β-unsaturated/α-hetero) is 1. The van der Waals surface area contributed by atoms with Crippen molar-refractivity contribution in [2.75, 3.05) is 19.6 Å². The zero-order valence-corrected chi connectivity index (χ0v) is 16.6. The Balaban J connectivity index is 0.00000150. The van der Waals surface area contributed by atoms with Gasteiger partial charge in [0.05, 0.1) is 6.54 Å². The standard InChI is InChI=1S/C20H21FN4O2.ClH.H2O/c21-17-6-4-15(5-7-17)19(26)16-8-11-23(12-9-16)13-14-25-20(27)24-10-2-1-3-18(24)22-25;;/h1-7,10,16H,8-9,11-14H2;1H;1H2. The summed E-state index contributed by atoms with van der Waals surface area (Å²) in [5.74, 6) is -0.264. The summed E-state index contributed by atoms with van der Waals surface area (Å²) in [6.07, 6.45) is 3.26. The van der Waals surface area contributed by atoms with E-state index in [1.165, 1.54) is 21.2 Å². The maximum Gasteiger partial charge on any atom is 0.350 e. The van der Waals surface area contributed by atoms with Gasteiger partial charge in [0.2, 0.25) is 0 Å². The lowest BCUT2D eigenvalue weighted by molar-refractivity contribution is 0.0836. The van der Waals surface area contributed by atoms with E-state index in [-0.39, 0.29) is 41.1 Å². The van der Waals surface area contributed by atoms with Crippen molar-refractivity contribution in [3.63, 3.8) is 0 Å². The lowest BCUT2D eigenvalue weighted by atomic mass is 9.89. The maximum absolute atomic E-state index is 13.0. The highest BCUT2D eigenvalue weighted by Crippen LogP contribution is 2.22. The fourth-order valence-electron chi connectivity index (χ4n) is 3.62. The number of benzene rings is 1. The first-order chi connectivity index (χ1) is 13.1. The third kappa shape index (κ3) is 4.90. The number of carbonyl (C=O) groups excluding carboxylic acids is 1. The predicted octanol–water partition coefficient (Wildman–Crippen LogP) is 1.83. The van der Waals surface area contributed by atoms with Gasteiger partial charge < -0.3 is 10.4 Å². The molecule has 0 bridgehead atoms. The molecule has 2 N–H and O–H groups in total. The Labute approximate surface area is 173 Å². The van der Waals surface area contributed by atoms with Gasteiger partial charge in [0.25, 0.3) is 0 Å². The summed E-state index contributed by atoms with van der Waals surface area (Å²) in [7, 11) is 0. The van der Waals surface area contributed by atoms with Crippen LogP contribution in [0.1, 0.15) is 23.2 Å². The summed E-state index contributed by atoms with van der Waals surface area (Å²) in [6, 6.07) is 11.2. The SMILES string of the molecule is Cl.O.O=C(c1ccc(F)cc1)C1CCN(CCn2nc3ccccn3c2=O)CC1. The van der Waals surface area contributed by atoms with Crippen LogP contribution in [0.5, 0.6) is 0 Å². The van der Waals surface area contributed by atoms with E-state index in [9.17, 15) is 14.0 Å². The molecule has 0 saturated carbocycles. The molecule has 3 aromatic rings. The summed E-state index contributed by atoms with van der Waals surface area (Å²) in [6.45, 7) is 2.86. The summed E-state index contributed by atoms with van der Waals surface area (Å²) in [5.41, 5.74) is 1.09. The van der Waals surface area contributed by atoms with Gasteiger partial charge in [-0.3, -0.25) is 9.20 Å². The average Bonchev–Trinajstić information content (AvgIpc) is 3.03. The average molecular weight is 423 g/mol. The van der Waals surface area contributed by atoms with E-state index in [0.29, 0.717) is 17.8 Å². The minimum Gasteiger partial charge on any atom is -0.412 e. The maximum atomic E-state index is 13.0. The van der Waals surface area contributed by atoms with Crippen molar-refractivity contribution in [2.45, 2.75) is 19.4 Å². The number of aromatic nitrogens is 3. The first kappa shape index (κ1) is 22.7. The molecular formula is C20H24ClFN4O3. The van der Waals surface area contributed by atoms with Gasteiger partial charge >= 0.3 is 5.69 Å². The molecule has 0 unspecified atom stereocenters. The number of rotatable bonds is 5. The van der Waals surface area contributed by atoms with E-state index in [0.717, 1.165) is 32.5 Å². The quantitative estimate of drug-likeness (QED) is 0.586. The van der Waals surface area contributed by atoms with Gasteiger partial charge in [-0.15, -0.1) is 17.5 Å². The highest BCUT2D eigenvalue weighted by atomic mass is 35.5. The van der Waals surface area contributed by atoms with Gasteiger partial charge in [-0.1, -0.05) is 6.07 Å². The van der Waals surface area contributed by atoms with Gasteiger partial charge in [-0.05, 0) is 62.3 Å². The summed E-state index contributed by atoms with van der Waals surface area (Å²) in [4.78, 5) is 27.1. The Morgan fingerprint density at radius 1 is 1.07 bits per heavy atom. The molecule has 1 aromatic carbocycles. The molecule has 0 radical (unpaired) electrons. The van der Waals surface area contributed by atoms with E-state index in [4.69, 9.17) is 0 Å². The number of ketones is 1. The number of fused-ring (bicyclic) bond motifs is 1. The van der Waals surface area contributed by atoms with Gasteiger partial charge in [0.15, 0.2) is 11.4 Å². The van der Waals surface area contributed by atoms with Crippen LogP contribution in [-0.4, -0.2) is 50.0 Å². The van der Waals surface area contributed by atoms with Crippen molar-refractivity contribution in [2.24, 2.45) is 5.92 Å². The van der Waals surface area contributed by atoms with E-state index in [2.05, 4.69) is 10.00 Å². The van der Waals surface area contributed by atoms with Crippen LogP contribution >= 0.6 is 12.4 Å². The van der Waals surface area contributed by atoms with E-state index < -0.39 is 0 Å². The molecule has 0 spiro atoms. The third-order valence-electron chi connectivity index (χ3n) is 5.20. The second kappa shape index (κ2) is 9.78. The highest BCUT2D eigenvalue weighted by Gasteiger charge is 2.25. The zero-order chi connectivity index (χ0) is 18.8. The predicted molar refractivity (Wildman–Crippen MR) is 110 cm³/mol. The molecule has 3 heterocycles. The number of hydrogen-bond donors (Lipinski definition) is 0. The number of pyridine rings is 1. The van der Waals surface area contributed by atoms with Crippen molar-refractivity contribution in [3.05, 3.63) is 70.5 Å². The molecule has 1 saturated heterocycles. The summed E-state index contributed by atoms with van der Waals surface area (Å²) < 4.78 is 16.0. The van der Waals surface area contributed by atoms with E-state index in [1.54, 1.807) is 18.3 Å². The number of halogens is 2. The molecule has 1 aliphatic heterocycles. The number of carbonyl (C=O) groups is 1. The van der Waals surface area contributed by atoms with Crippen molar-refractivity contribution < 1.29 is 14.7 Å². The number of hydrogen-bond acceptors (Lipinski definition) is 4. The summed E-state index contributed by atoms with van der Waals surface area (Å²) in [5, 5.41) is 4.34. The first-order valence-electron chi connectivity index (χ1n) is 9.18. The van der Waals surface area contributed by atoms with Crippen LogP contribution in [0.25, 0.3) is 5.65 Å². The molecule has 9 heteroatoms. The van der Waals surface area contributed by atoms with E-state index >= 15 is 0 Å². The van der Waals surface area contributed by atoms with Crippen molar-refractivity contribution in [1.82, 2.24) is 19.1 Å². The van der Waals surface area contributed by atoms with Crippen LogP contribution in [0.4, 0.5) is 4.39 Å². The molecule has 4 rings (SSSR count). The zero-order valence-electron chi connectivity index (χ0n) is 15.8. The van der Waals surface area contributed by atoms with Crippen molar-refractivity contribution in [1.29, 1.82) is 0 Å². The molecule has 156 valence electrons. The molecular weight excluding hydrogens is 399 g/mol. The largest absolute Gasteiger partial charge is 0.412 e. The molecule has 0 aliphatic carbocycles. The number of nitrogens with zero attached hydrogens (tertiary/aromatic N) is 4. The van der Waals surface area contributed by atoms with Crippen LogP contribution in [0.3, 0.4) is 0 Å². The van der Waals surface area contributed by atoms with Crippen molar-refractivity contribution in [3.8, 4) is 0 Å². The third-order valence-corrected chi connectivity index (χ3v) is 5.20. The van der Waals surface area contributed by atoms with Gasteiger partial charge in [0.1, 0.15) is 5.82 Å². The number of likely N-dealkylation sites (tertiary alicyclic amines) is 1. The van der Waals surface area contributed by atoms with Crippen LogP contribution in [-0.2, 0) is 6.54 Å². The minimum atomic E-state index is -0.330. The molecule has 29 heavy (non-hydrogen) atoms. The monoisotopic (exact) mass is 422 g/mol. The Bertz CT molecular complexity index is 1010. The minimum absolute atomic E-state index is 0. The molecule has 0 atom stereocenters. The molecule has 1 fully saturated rings. The van der Waals surface area contributed by atoms with Crippen LogP contribution in [0, 0.1) is 11.7 Å². The molecule has 1 aliphatic rings. The Hall–Kier alpha value is -2.55. The second-order valence-corrected chi connectivity index (χ2v) is 6.92. The van der Waals surface area contributed by atoms with Crippen LogP contribution in [0.15, 0.2) is 53.5 Å². The van der Waals surface area contributed by atoms with Gasteiger partial charge in [-0.2, -0.15) is 0 Å². The lowest BCUT2D eigenvalue weighted by Gasteiger charge is -2.31. The van der Waals surface area contributed by atoms with Gasteiger partial charge in [-0.25, -0.2) is 13.9 Å². The molecule has 7 nitrogen and oxygen atoms in total. The Kier molecular flexibility index (Phi) is 7.66. The second-order valence-electron chi connectivity index (χ2n) is 6.92. The number of piperidine rings is 1. The van der Waals surface area contributed by atoms with Crippen LogP contribution < -0.4 is 5.69 Å². The normalized spacial score (nSPS) is 14.9. The van der Waals surface area contributed by atoms with Crippen molar-refractivity contribution >= 4 is 23.8 Å². The fourth-order valence-corrected chi connectivity index (χ4v) is 3.62. The molecule has 0 amide bonds.